The third kappa shape index (κ3) is 5.76. The van der Waals surface area contributed by atoms with E-state index in [2.05, 4.69) is 32.9 Å². The van der Waals surface area contributed by atoms with Crippen molar-refractivity contribution in [1.82, 2.24) is 4.68 Å². The van der Waals surface area contributed by atoms with Gasteiger partial charge in [-0.05, 0) is 55.5 Å². The fourth-order valence-electron chi connectivity index (χ4n) is 3.12. The number of thiazole rings is 1. The Hall–Kier alpha value is -3.06. The van der Waals surface area contributed by atoms with Gasteiger partial charge in [0, 0.05) is 28.8 Å². The second kappa shape index (κ2) is 10.3. The number of rotatable bonds is 8. The zero-order chi connectivity index (χ0) is 22.4. The number of nitrogens with zero attached hydrogens (tertiary/aromatic N) is 4. The van der Waals surface area contributed by atoms with Crippen molar-refractivity contribution >= 4 is 28.4 Å². The summed E-state index contributed by atoms with van der Waals surface area (Å²) in [5.74, 6) is 0.472. The van der Waals surface area contributed by atoms with Gasteiger partial charge < -0.3 is 0 Å². The Kier molecular flexibility index (Phi) is 7.52. The number of nitro groups is 1. The average Bonchev–Trinajstić information content (AvgIpc) is 3.14. The van der Waals surface area contributed by atoms with Crippen LogP contribution in [-0.4, -0.2) is 15.3 Å². The van der Waals surface area contributed by atoms with E-state index in [-0.39, 0.29) is 10.6 Å². The van der Waals surface area contributed by atoms with E-state index in [4.69, 9.17) is 10.1 Å². The van der Waals surface area contributed by atoms with Gasteiger partial charge in [0.15, 0.2) is 0 Å². The Bertz CT molecular complexity index is 1120. The smallest absolute Gasteiger partial charge is 0.258 e. The second-order valence-corrected chi connectivity index (χ2v) is 8.65. The Morgan fingerprint density at radius 1 is 1.13 bits per heavy atom. The Labute approximate surface area is 186 Å². The standard InChI is InChI=1S/C24H28N4O2S/c1-5-6-7-18(4)26-27-23(20-10-14-22(15-11-20)28(29)30)16-31-24(27)25-21-12-8-19(9-13-21)17(2)3/h8-17H,5-7H2,1-4H3. The van der Waals surface area contributed by atoms with Crippen LogP contribution in [0.3, 0.4) is 0 Å². The van der Waals surface area contributed by atoms with E-state index >= 15 is 0 Å². The summed E-state index contributed by atoms with van der Waals surface area (Å²) in [6.07, 6.45) is 3.10. The van der Waals surface area contributed by atoms with E-state index in [1.54, 1.807) is 12.1 Å². The largest absolute Gasteiger partial charge is 0.269 e. The lowest BCUT2D eigenvalue weighted by molar-refractivity contribution is -0.384. The van der Waals surface area contributed by atoms with Crippen LogP contribution in [0.1, 0.15) is 58.4 Å². The maximum atomic E-state index is 11.0. The average molecular weight is 437 g/mol. The van der Waals surface area contributed by atoms with Crippen LogP contribution in [0.5, 0.6) is 0 Å². The molecule has 3 aromatic rings. The molecule has 31 heavy (non-hydrogen) atoms. The quantitative estimate of drug-likeness (QED) is 0.219. The zero-order valence-corrected chi connectivity index (χ0v) is 19.2. The summed E-state index contributed by atoms with van der Waals surface area (Å²) in [5, 5.41) is 17.8. The molecule has 0 saturated carbocycles. The van der Waals surface area contributed by atoms with E-state index in [1.165, 1.54) is 29.0 Å². The molecular weight excluding hydrogens is 408 g/mol. The lowest BCUT2D eigenvalue weighted by atomic mass is 10.0. The summed E-state index contributed by atoms with van der Waals surface area (Å²) < 4.78 is 1.85. The van der Waals surface area contributed by atoms with Crippen LogP contribution in [0.25, 0.3) is 11.3 Å². The maximum Gasteiger partial charge on any atom is 0.269 e. The minimum absolute atomic E-state index is 0.0725. The Balaban J connectivity index is 2.07. The molecule has 2 aromatic carbocycles. The molecule has 0 fully saturated rings. The number of benzene rings is 2. The first kappa shape index (κ1) is 22.6. The molecule has 6 nitrogen and oxygen atoms in total. The van der Waals surface area contributed by atoms with Crippen LogP contribution in [0.4, 0.5) is 11.4 Å². The highest BCUT2D eigenvalue weighted by Crippen LogP contribution is 2.24. The summed E-state index contributed by atoms with van der Waals surface area (Å²) in [4.78, 5) is 16.2. The van der Waals surface area contributed by atoms with Crippen LogP contribution in [-0.2, 0) is 0 Å². The van der Waals surface area contributed by atoms with Crippen LogP contribution >= 0.6 is 11.3 Å². The highest BCUT2D eigenvalue weighted by Gasteiger charge is 2.11. The van der Waals surface area contributed by atoms with Gasteiger partial charge in [-0.15, -0.1) is 11.3 Å². The van der Waals surface area contributed by atoms with Crippen molar-refractivity contribution in [2.75, 3.05) is 0 Å². The first-order valence-electron chi connectivity index (χ1n) is 10.5. The van der Waals surface area contributed by atoms with Crippen molar-refractivity contribution < 1.29 is 4.92 Å². The molecule has 3 rings (SSSR count). The monoisotopic (exact) mass is 436 g/mol. The van der Waals surface area contributed by atoms with Crippen molar-refractivity contribution in [3.63, 3.8) is 0 Å². The van der Waals surface area contributed by atoms with Gasteiger partial charge in [0.05, 0.1) is 16.3 Å². The van der Waals surface area contributed by atoms with Crippen LogP contribution in [0, 0.1) is 10.1 Å². The summed E-state index contributed by atoms with van der Waals surface area (Å²) >= 11 is 1.51. The van der Waals surface area contributed by atoms with Crippen molar-refractivity contribution in [2.45, 2.75) is 52.9 Å². The third-order valence-electron chi connectivity index (χ3n) is 5.01. The first-order chi connectivity index (χ1) is 14.9. The highest BCUT2D eigenvalue weighted by molar-refractivity contribution is 7.07. The van der Waals surface area contributed by atoms with E-state index < -0.39 is 0 Å². The third-order valence-corrected chi connectivity index (χ3v) is 5.82. The molecular formula is C24H28N4O2S. The van der Waals surface area contributed by atoms with Crippen LogP contribution in [0.15, 0.2) is 64.0 Å². The van der Waals surface area contributed by atoms with Crippen molar-refractivity contribution in [2.24, 2.45) is 10.1 Å². The van der Waals surface area contributed by atoms with E-state index in [0.717, 1.165) is 46.7 Å². The van der Waals surface area contributed by atoms with Gasteiger partial charge in [0.2, 0.25) is 4.80 Å². The molecule has 0 aliphatic heterocycles. The lowest BCUT2D eigenvalue weighted by Gasteiger charge is -2.07. The minimum Gasteiger partial charge on any atom is -0.258 e. The van der Waals surface area contributed by atoms with Gasteiger partial charge in [-0.2, -0.15) is 5.10 Å². The predicted octanol–water partition coefficient (Wildman–Crippen LogP) is 6.89. The predicted molar refractivity (Wildman–Crippen MR) is 128 cm³/mol. The van der Waals surface area contributed by atoms with Crippen LogP contribution in [0.2, 0.25) is 0 Å². The Morgan fingerprint density at radius 2 is 1.81 bits per heavy atom. The van der Waals surface area contributed by atoms with Gasteiger partial charge in [-0.3, -0.25) is 10.1 Å². The van der Waals surface area contributed by atoms with Gasteiger partial charge in [0.25, 0.3) is 5.69 Å². The number of hydrogen-bond acceptors (Lipinski definition) is 5. The van der Waals surface area contributed by atoms with Crippen LogP contribution < -0.4 is 4.80 Å². The first-order valence-corrected chi connectivity index (χ1v) is 11.4. The van der Waals surface area contributed by atoms with E-state index in [1.807, 2.05) is 29.1 Å². The highest BCUT2D eigenvalue weighted by atomic mass is 32.1. The molecule has 0 radical (unpaired) electrons. The molecule has 0 saturated heterocycles. The summed E-state index contributed by atoms with van der Waals surface area (Å²) in [5.41, 5.74) is 4.98. The maximum absolute atomic E-state index is 11.0. The molecule has 162 valence electrons. The van der Waals surface area contributed by atoms with E-state index in [9.17, 15) is 10.1 Å². The number of hydrogen-bond donors (Lipinski definition) is 0. The molecule has 0 N–H and O–H groups in total. The zero-order valence-electron chi connectivity index (χ0n) is 18.4. The molecule has 0 amide bonds. The summed E-state index contributed by atoms with van der Waals surface area (Å²) in [6.45, 7) is 8.53. The molecule has 7 heteroatoms. The normalized spacial score (nSPS) is 12.5. The number of non-ortho nitro benzene ring substituents is 1. The fraction of sp³-hybridized carbons (Fsp3) is 0.333. The van der Waals surface area contributed by atoms with Crippen molar-refractivity contribution in [3.05, 3.63) is 74.4 Å². The number of nitro benzene ring substituents is 1. The molecule has 0 unspecified atom stereocenters. The van der Waals surface area contributed by atoms with Gasteiger partial charge in [-0.25, -0.2) is 9.67 Å². The summed E-state index contributed by atoms with van der Waals surface area (Å²) in [6, 6.07) is 14.8. The lowest BCUT2D eigenvalue weighted by Crippen LogP contribution is -2.13. The molecule has 0 bridgehead atoms. The van der Waals surface area contributed by atoms with Gasteiger partial charge in [0.1, 0.15) is 0 Å². The fourth-order valence-corrected chi connectivity index (χ4v) is 3.97. The molecule has 0 spiro atoms. The SMILES string of the molecule is CCCCC(C)=Nn1c(-c2ccc([N+](=O)[O-])cc2)csc1=Nc1ccc(C(C)C)cc1. The topological polar surface area (TPSA) is 72.8 Å². The Morgan fingerprint density at radius 3 is 2.39 bits per heavy atom. The minimum atomic E-state index is -0.389. The second-order valence-electron chi connectivity index (χ2n) is 7.82. The molecule has 0 aliphatic rings. The number of unbranched alkanes of at least 4 members (excludes halogenated alkanes) is 1. The van der Waals surface area contributed by atoms with Gasteiger partial charge >= 0.3 is 0 Å². The van der Waals surface area contributed by atoms with Gasteiger partial charge in [-0.1, -0.05) is 39.3 Å². The van der Waals surface area contributed by atoms with Crippen molar-refractivity contribution in [1.29, 1.82) is 0 Å². The molecule has 1 aromatic heterocycles. The summed E-state index contributed by atoms with van der Waals surface area (Å²) in [7, 11) is 0. The van der Waals surface area contributed by atoms with E-state index in [0.29, 0.717) is 5.92 Å². The van der Waals surface area contributed by atoms with Crippen molar-refractivity contribution in [3.8, 4) is 11.3 Å². The molecule has 0 aliphatic carbocycles. The molecule has 0 atom stereocenters. The molecule has 1 heterocycles. The number of aromatic nitrogens is 1.